The predicted molar refractivity (Wildman–Crippen MR) is 68.0 cm³/mol. The lowest BCUT2D eigenvalue weighted by atomic mass is 10.1. The number of nitrogens with zero attached hydrogens (tertiary/aromatic N) is 2. The molecule has 2 atom stereocenters. The van der Waals surface area contributed by atoms with Crippen LogP contribution in [0.1, 0.15) is 26.2 Å². The molecule has 1 aliphatic carbocycles. The Morgan fingerprint density at radius 3 is 2.94 bits per heavy atom. The lowest BCUT2D eigenvalue weighted by Crippen LogP contribution is -2.23. The molecule has 1 aliphatic rings. The Labute approximate surface area is 106 Å². The van der Waals surface area contributed by atoms with Crippen LogP contribution in [0.15, 0.2) is 6.20 Å². The van der Waals surface area contributed by atoms with Gasteiger partial charge in [-0.3, -0.25) is 0 Å². The molecule has 0 saturated heterocycles. The van der Waals surface area contributed by atoms with E-state index in [-0.39, 0.29) is 17.8 Å². The van der Waals surface area contributed by atoms with Crippen molar-refractivity contribution in [3.63, 3.8) is 0 Å². The van der Waals surface area contributed by atoms with Crippen molar-refractivity contribution in [2.75, 3.05) is 23.7 Å². The molecule has 0 amide bonds. The van der Waals surface area contributed by atoms with Crippen LogP contribution in [-0.4, -0.2) is 34.3 Å². The number of hydrogen-bond donors (Lipinski definition) is 3. The van der Waals surface area contributed by atoms with Crippen molar-refractivity contribution < 1.29 is 9.50 Å². The van der Waals surface area contributed by atoms with Crippen LogP contribution in [0.3, 0.4) is 0 Å². The molecule has 2 rings (SSSR count). The van der Waals surface area contributed by atoms with Gasteiger partial charge in [0.25, 0.3) is 0 Å². The fourth-order valence-corrected chi connectivity index (χ4v) is 2.22. The van der Waals surface area contributed by atoms with Gasteiger partial charge in [0, 0.05) is 19.0 Å². The zero-order valence-corrected chi connectivity index (χ0v) is 10.5. The average molecular weight is 254 g/mol. The Balaban J connectivity index is 1.97. The van der Waals surface area contributed by atoms with Gasteiger partial charge in [0.2, 0.25) is 5.95 Å². The first-order chi connectivity index (χ1) is 8.70. The Morgan fingerprint density at radius 2 is 2.28 bits per heavy atom. The van der Waals surface area contributed by atoms with Crippen molar-refractivity contribution in [2.45, 2.75) is 32.3 Å². The molecule has 1 saturated carbocycles. The van der Waals surface area contributed by atoms with Gasteiger partial charge in [-0.2, -0.15) is 4.98 Å². The summed E-state index contributed by atoms with van der Waals surface area (Å²) in [7, 11) is 0. The number of aliphatic hydroxyl groups is 1. The summed E-state index contributed by atoms with van der Waals surface area (Å²) in [5, 5.41) is 15.6. The van der Waals surface area contributed by atoms with Gasteiger partial charge in [-0.05, 0) is 19.8 Å². The summed E-state index contributed by atoms with van der Waals surface area (Å²) >= 11 is 0. The molecule has 2 unspecified atom stereocenters. The molecule has 1 fully saturated rings. The van der Waals surface area contributed by atoms with Gasteiger partial charge in [-0.15, -0.1) is 0 Å². The summed E-state index contributed by atoms with van der Waals surface area (Å²) in [6, 6.07) is 0. The highest BCUT2D eigenvalue weighted by molar-refractivity contribution is 5.41. The average Bonchev–Trinajstić information content (AvgIpc) is 2.76. The fraction of sp³-hybridized carbons (Fsp3) is 0.667. The smallest absolute Gasteiger partial charge is 0.224 e. The second-order valence-corrected chi connectivity index (χ2v) is 4.56. The van der Waals surface area contributed by atoms with E-state index in [4.69, 9.17) is 0 Å². The quantitative estimate of drug-likeness (QED) is 0.745. The summed E-state index contributed by atoms with van der Waals surface area (Å²) < 4.78 is 13.5. The van der Waals surface area contributed by atoms with Crippen molar-refractivity contribution in [3.8, 4) is 0 Å². The number of anilines is 2. The third kappa shape index (κ3) is 3.07. The van der Waals surface area contributed by atoms with Gasteiger partial charge >= 0.3 is 0 Å². The van der Waals surface area contributed by atoms with Crippen LogP contribution >= 0.6 is 0 Å². The molecular formula is C12H19FN4O. The Hall–Kier alpha value is -1.43. The Morgan fingerprint density at radius 1 is 1.44 bits per heavy atom. The predicted octanol–water partition coefficient (Wildman–Crippen LogP) is 1.62. The second kappa shape index (κ2) is 5.95. The Bertz CT molecular complexity index is 402. The molecule has 5 nitrogen and oxygen atoms in total. The van der Waals surface area contributed by atoms with Gasteiger partial charge in [-0.1, -0.05) is 6.42 Å². The normalized spacial score (nSPS) is 23.1. The first-order valence-corrected chi connectivity index (χ1v) is 6.39. The first-order valence-electron chi connectivity index (χ1n) is 6.39. The summed E-state index contributed by atoms with van der Waals surface area (Å²) in [4.78, 5) is 7.89. The first kappa shape index (κ1) is 13.0. The van der Waals surface area contributed by atoms with Crippen molar-refractivity contribution in [3.05, 3.63) is 12.0 Å². The maximum absolute atomic E-state index is 13.5. The van der Waals surface area contributed by atoms with Gasteiger partial charge in [0.15, 0.2) is 11.6 Å². The largest absolute Gasteiger partial charge is 0.393 e. The summed E-state index contributed by atoms with van der Waals surface area (Å²) in [6.07, 6.45) is 3.71. The second-order valence-electron chi connectivity index (χ2n) is 4.56. The summed E-state index contributed by atoms with van der Waals surface area (Å²) in [5.74, 6) is 0.319. The van der Waals surface area contributed by atoms with Gasteiger partial charge < -0.3 is 15.7 Å². The number of aliphatic hydroxyl groups excluding tert-OH is 1. The van der Waals surface area contributed by atoms with Crippen molar-refractivity contribution in [2.24, 2.45) is 5.92 Å². The van der Waals surface area contributed by atoms with Gasteiger partial charge in [0.1, 0.15) is 0 Å². The summed E-state index contributed by atoms with van der Waals surface area (Å²) in [6.45, 7) is 3.15. The van der Waals surface area contributed by atoms with E-state index in [0.717, 1.165) is 25.5 Å². The molecule has 0 spiro atoms. The number of hydrogen-bond acceptors (Lipinski definition) is 5. The molecule has 0 radical (unpaired) electrons. The summed E-state index contributed by atoms with van der Waals surface area (Å²) in [5.41, 5.74) is 0. The third-order valence-corrected chi connectivity index (χ3v) is 3.23. The van der Waals surface area contributed by atoms with E-state index in [0.29, 0.717) is 19.0 Å². The van der Waals surface area contributed by atoms with E-state index in [1.807, 2.05) is 6.92 Å². The number of aromatic nitrogens is 2. The van der Waals surface area contributed by atoms with Crippen LogP contribution < -0.4 is 10.6 Å². The lowest BCUT2D eigenvalue weighted by molar-refractivity contribution is 0.138. The molecule has 1 aromatic heterocycles. The van der Waals surface area contributed by atoms with Crippen LogP contribution in [0, 0.1) is 11.7 Å². The van der Waals surface area contributed by atoms with Crippen LogP contribution in [0.25, 0.3) is 0 Å². The fourth-order valence-electron chi connectivity index (χ4n) is 2.22. The molecule has 0 aliphatic heterocycles. The molecule has 100 valence electrons. The zero-order chi connectivity index (χ0) is 13.0. The number of nitrogens with one attached hydrogen (secondary N) is 2. The van der Waals surface area contributed by atoms with Gasteiger partial charge in [-0.25, -0.2) is 9.37 Å². The van der Waals surface area contributed by atoms with Crippen molar-refractivity contribution >= 4 is 11.8 Å². The minimum Gasteiger partial charge on any atom is -0.393 e. The standard InChI is InChI=1S/C12H19FN4O/c1-2-14-12-16-7-9(13)11(17-12)15-6-8-4-3-5-10(8)18/h7-8,10,18H,2-6H2,1H3,(H2,14,15,16,17). The van der Waals surface area contributed by atoms with E-state index < -0.39 is 5.82 Å². The van der Waals surface area contributed by atoms with Crippen LogP contribution in [-0.2, 0) is 0 Å². The van der Waals surface area contributed by atoms with Crippen LogP contribution in [0.5, 0.6) is 0 Å². The highest BCUT2D eigenvalue weighted by Gasteiger charge is 2.25. The van der Waals surface area contributed by atoms with Crippen LogP contribution in [0.4, 0.5) is 16.2 Å². The minimum absolute atomic E-state index is 0.182. The van der Waals surface area contributed by atoms with E-state index >= 15 is 0 Å². The molecule has 0 bridgehead atoms. The van der Waals surface area contributed by atoms with Crippen molar-refractivity contribution in [1.29, 1.82) is 0 Å². The maximum Gasteiger partial charge on any atom is 0.224 e. The maximum atomic E-state index is 13.5. The zero-order valence-electron chi connectivity index (χ0n) is 10.5. The monoisotopic (exact) mass is 254 g/mol. The highest BCUT2D eigenvalue weighted by Crippen LogP contribution is 2.25. The molecule has 0 aromatic carbocycles. The van der Waals surface area contributed by atoms with E-state index in [1.54, 1.807) is 0 Å². The third-order valence-electron chi connectivity index (χ3n) is 3.23. The van der Waals surface area contributed by atoms with E-state index in [9.17, 15) is 9.50 Å². The SMILES string of the molecule is CCNc1ncc(F)c(NCC2CCCC2O)n1. The molecular weight excluding hydrogens is 235 g/mol. The van der Waals surface area contributed by atoms with E-state index in [2.05, 4.69) is 20.6 Å². The topological polar surface area (TPSA) is 70.1 Å². The van der Waals surface area contributed by atoms with E-state index in [1.165, 1.54) is 0 Å². The number of rotatable bonds is 5. The Kier molecular flexibility index (Phi) is 4.30. The van der Waals surface area contributed by atoms with Gasteiger partial charge in [0.05, 0.1) is 12.3 Å². The highest BCUT2D eigenvalue weighted by atomic mass is 19.1. The minimum atomic E-state index is -0.468. The van der Waals surface area contributed by atoms with Crippen LogP contribution in [0.2, 0.25) is 0 Å². The lowest BCUT2D eigenvalue weighted by Gasteiger charge is -2.16. The number of halogens is 1. The van der Waals surface area contributed by atoms with Crippen molar-refractivity contribution in [1.82, 2.24) is 9.97 Å². The molecule has 18 heavy (non-hydrogen) atoms. The molecule has 3 N–H and O–H groups in total. The molecule has 1 heterocycles. The molecule has 6 heteroatoms. The molecule has 1 aromatic rings.